The third-order valence-corrected chi connectivity index (χ3v) is 5.35. The van der Waals surface area contributed by atoms with E-state index in [9.17, 15) is 4.79 Å². The lowest BCUT2D eigenvalue weighted by atomic mass is 9.89. The van der Waals surface area contributed by atoms with E-state index in [1.54, 1.807) is 0 Å². The second-order valence-corrected chi connectivity index (χ2v) is 6.69. The molecule has 2 rings (SSSR count). The molecule has 20 heavy (non-hydrogen) atoms. The summed E-state index contributed by atoms with van der Waals surface area (Å²) in [5, 5.41) is 2.95. The number of aryl methyl sites for hydroxylation is 1. The smallest absolute Gasteiger partial charge is 0.224 e. The summed E-state index contributed by atoms with van der Waals surface area (Å²) in [7, 11) is 0. The number of halogens is 1. The molecule has 0 aliphatic carbocycles. The predicted octanol–water partition coefficient (Wildman–Crippen LogP) is 5.22. The SMILES string of the molecule is CCCC(CCC)C(Br)c1ccc2c(c1)CCC(=O)N2. The minimum Gasteiger partial charge on any atom is -0.326 e. The molecule has 0 radical (unpaired) electrons. The van der Waals surface area contributed by atoms with E-state index < -0.39 is 0 Å². The summed E-state index contributed by atoms with van der Waals surface area (Å²) >= 11 is 3.91. The van der Waals surface area contributed by atoms with Crippen LogP contribution >= 0.6 is 15.9 Å². The highest BCUT2D eigenvalue weighted by atomic mass is 79.9. The van der Waals surface area contributed by atoms with Gasteiger partial charge in [0, 0.05) is 16.9 Å². The fourth-order valence-corrected chi connectivity index (χ4v) is 3.84. The van der Waals surface area contributed by atoms with Crippen LogP contribution < -0.4 is 5.32 Å². The molecule has 1 amide bonds. The lowest BCUT2D eigenvalue weighted by Gasteiger charge is -2.24. The van der Waals surface area contributed by atoms with Crippen molar-refractivity contribution in [1.82, 2.24) is 0 Å². The van der Waals surface area contributed by atoms with Gasteiger partial charge in [-0.2, -0.15) is 0 Å². The van der Waals surface area contributed by atoms with Crippen molar-refractivity contribution >= 4 is 27.5 Å². The van der Waals surface area contributed by atoms with Crippen molar-refractivity contribution in [1.29, 1.82) is 0 Å². The Hall–Kier alpha value is -0.830. The number of hydrogen-bond acceptors (Lipinski definition) is 1. The van der Waals surface area contributed by atoms with Gasteiger partial charge < -0.3 is 5.32 Å². The molecule has 2 nitrogen and oxygen atoms in total. The van der Waals surface area contributed by atoms with Crippen LogP contribution in [0.1, 0.15) is 61.9 Å². The minimum absolute atomic E-state index is 0.135. The van der Waals surface area contributed by atoms with Crippen LogP contribution in [0.15, 0.2) is 18.2 Å². The van der Waals surface area contributed by atoms with E-state index in [0.29, 0.717) is 17.2 Å². The number of nitrogens with one attached hydrogen (secondary N) is 1. The van der Waals surface area contributed by atoms with Crippen LogP contribution in [0.4, 0.5) is 5.69 Å². The van der Waals surface area contributed by atoms with E-state index in [2.05, 4.69) is 53.3 Å². The minimum atomic E-state index is 0.135. The Balaban J connectivity index is 2.17. The quantitative estimate of drug-likeness (QED) is 0.708. The summed E-state index contributed by atoms with van der Waals surface area (Å²) in [6, 6.07) is 6.49. The monoisotopic (exact) mass is 337 g/mol. The van der Waals surface area contributed by atoms with Crippen molar-refractivity contribution in [2.45, 2.75) is 57.2 Å². The van der Waals surface area contributed by atoms with Crippen LogP contribution in [0.2, 0.25) is 0 Å². The molecular weight excluding hydrogens is 314 g/mol. The maximum atomic E-state index is 11.4. The molecule has 0 spiro atoms. The van der Waals surface area contributed by atoms with Crippen LogP contribution in [-0.4, -0.2) is 5.91 Å². The molecule has 1 N–H and O–H groups in total. The van der Waals surface area contributed by atoms with Gasteiger partial charge in [-0.3, -0.25) is 4.79 Å². The number of fused-ring (bicyclic) bond motifs is 1. The van der Waals surface area contributed by atoms with Crippen molar-refractivity contribution in [3.05, 3.63) is 29.3 Å². The molecule has 0 fully saturated rings. The Kier molecular flexibility index (Phi) is 5.64. The van der Waals surface area contributed by atoms with Crippen molar-refractivity contribution < 1.29 is 4.79 Å². The molecule has 1 atom stereocenters. The second-order valence-electron chi connectivity index (χ2n) is 5.70. The fourth-order valence-electron chi connectivity index (χ4n) is 3.03. The van der Waals surface area contributed by atoms with Crippen LogP contribution in [0.25, 0.3) is 0 Å². The zero-order valence-electron chi connectivity index (χ0n) is 12.4. The largest absolute Gasteiger partial charge is 0.326 e. The van der Waals surface area contributed by atoms with Gasteiger partial charge in [-0.05, 0) is 42.4 Å². The number of carbonyl (C=O) groups excluding carboxylic acids is 1. The second kappa shape index (κ2) is 7.26. The van der Waals surface area contributed by atoms with E-state index in [1.165, 1.54) is 36.8 Å². The Morgan fingerprint density at radius 3 is 2.55 bits per heavy atom. The zero-order chi connectivity index (χ0) is 14.5. The molecule has 1 unspecified atom stereocenters. The Labute approximate surface area is 130 Å². The molecule has 0 bridgehead atoms. The third-order valence-electron chi connectivity index (χ3n) is 4.08. The first-order valence-electron chi connectivity index (χ1n) is 7.72. The van der Waals surface area contributed by atoms with Crippen LogP contribution in [0.5, 0.6) is 0 Å². The van der Waals surface area contributed by atoms with Crippen LogP contribution in [0, 0.1) is 5.92 Å². The maximum absolute atomic E-state index is 11.4. The molecule has 3 heteroatoms. The third kappa shape index (κ3) is 3.63. The highest BCUT2D eigenvalue weighted by molar-refractivity contribution is 9.09. The van der Waals surface area contributed by atoms with E-state index in [0.717, 1.165) is 12.1 Å². The number of amides is 1. The van der Waals surface area contributed by atoms with Crippen molar-refractivity contribution in [3.8, 4) is 0 Å². The van der Waals surface area contributed by atoms with E-state index in [-0.39, 0.29) is 5.91 Å². The predicted molar refractivity (Wildman–Crippen MR) is 88.4 cm³/mol. The number of carbonyl (C=O) groups is 1. The van der Waals surface area contributed by atoms with Crippen molar-refractivity contribution in [2.75, 3.05) is 5.32 Å². The number of alkyl halides is 1. The topological polar surface area (TPSA) is 29.1 Å². The normalized spacial score (nSPS) is 15.9. The van der Waals surface area contributed by atoms with Gasteiger partial charge in [-0.25, -0.2) is 0 Å². The summed E-state index contributed by atoms with van der Waals surface area (Å²) < 4.78 is 0. The van der Waals surface area contributed by atoms with Gasteiger partial charge in [0.15, 0.2) is 0 Å². The number of benzene rings is 1. The number of rotatable bonds is 6. The lowest BCUT2D eigenvalue weighted by Crippen LogP contribution is -2.19. The molecule has 1 aromatic carbocycles. The average Bonchev–Trinajstić information content (AvgIpc) is 2.45. The van der Waals surface area contributed by atoms with Gasteiger partial charge in [0.25, 0.3) is 0 Å². The van der Waals surface area contributed by atoms with Gasteiger partial charge in [-0.15, -0.1) is 0 Å². The molecular formula is C17H24BrNO. The highest BCUT2D eigenvalue weighted by Gasteiger charge is 2.21. The first kappa shape index (κ1) is 15.6. The molecule has 1 aliphatic heterocycles. The summed E-state index contributed by atoms with van der Waals surface area (Å²) in [4.78, 5) is 11.8. The van der Waals surface area contributed by atoms with Crippen molar-refractivity contribution in [3.63, 3.8) is 0 Å². The number of hydrogen-bond donors (Lipinski definition) is 1. The fraction of sp³-hybridized carbons (Fsp3) is 0.588. The first-order valence-corrected chi connectivity index (χ1v) is 8.64. The first-order chi connectivity index (χ1) is 9.65. The summed E-state index contributed by atoms with van der Waals surface area (Å²) in [6.45, 7) is 4.51. The zero-order valence-corrected chi connectivity index (χ0v) is 14.0. The summed E-state index contributed by atoms with van der Waals surface area (Å²) in [5.74, 6) is 0.830. The summed E-state index contributed by atoms with van der Waals surface area (Å²) in [6.07, 6.45) is 6.45. The van der Waals surface area contributed by atoms with Crippen LogP contribution in [-0.2, 0) is 11.2 Å². The molecule has 1 aliphatic rings. The molecule has 1 aromatic rings. The van der Waals surface area contributed by atoms with E-state index in [4.69, 9.17) is 0 Å². The van der Waals surface area contributed by atoms with Gasteiger partial charge in [-0.1, -0.05) is 54.8 Å². The Morgan fingerprint density at radius 1 is 1.20 bits per heavy atom. The Morgan fingerprint density at radius 2 is 1.90 bits per heavy atom. The van der Waals surface area contributed by atoms with Gasteiger partial charge in [0.1, 0.15) is 0 Å². The highest BCUT2D eigenvalue weighted by Crippen LogP contribution is 2.38. The number of anilines is 1. The summed E-state index contributed by atoms with van der Waals surface area (Å²) in [5.41, 5.74) is 3.62. The molecule has 110 valence electrons. The molecule has 1 heterocycles. The van der Waals surface area contributed by atoms with Gasteiger partial charge in [0.2, 0.25) is 5.91 Å². The Bertz CT molecular complexity index is 466. The standard InChI is InChI=1S/C17H24BrNO/c1-3-5-12(6-4-2)17(18)14-7-9-15-13(11-14)8-10-16(20)19-15/h7,9,11-12,17H,3-6,8,10H2,1-2H3,(H,19,20). The van der Waals surface area contributed by atoms with Crippen LogP contribution in [0.3, 0.4) is 0 Å². The van der Waals surface area contributed by atoms with Gasteiger partial charge in [0.05, 0.1) is 0 Å². The average molecular weight is 338 g/mol. The van der Waals surface area contributed by atoms with Gasteiger partial charge >= 0.3 is 0 Å². The molecule has 0 aromatic heterocycles. The van der Waals surface area contributed by atoms with E-state index >= 15 is 0 Å². The maximum Gasteiger partial charge on any atom is 0.224 e. The molecule has 0 saturated heterocycles. The van der Waals surface area contributed by atoms with Crippen molar-refractivity contribution in [2.24, 2.45) is 5.92 Å². The lowest BCUT2D eigenvalue weighted by molar-refractivity contribution is -0.116. The van der Waals surface area contributed by atoms with E-state index in [1.807, 2.05) is 0 Å². The molecule has 0 saturated carbocycles.